The Morgan fingerprint density at radius 1 is 1.26 bits per heavy atom. The first kappa shape index (κ1) is 18.6. The van der Waals surface area contributed by atoms with Gasteiger partial charge in [-0.3, -0.25) is 14.9 Å². The molecule has 7 nitrogen and oxygen atoms in total. The van der Waals surface area contributed by atoms with Crippen LogP contribution in [0.25, 0.3) is 0 Å². The number of benzene rings is 2. The second-order valence-corrected chi connectivity index (χ2v) is 6.70. The summed E-state index contributed by atoms with van der Waals surface area (Å²) in [7, 11) is 0. The van der Waals surface area contributed by atoms with Crippen molar-refractivity contribution in [1.29, 1.82) is 0 Å². The van der Waals surface area contributed by atoms with Crippen molar-refractivity contribution in [3.8, 4) is 0 Å². The summed E-state index contributed by atoms with van der Waals surface area (Å²) >= 11 is 0. The lowest BCUT2D eigenvalue weighted by molar-refractivity contribution is -0.385. The van der Waals surface area contributed by atoms with Crippen molar-refractivity contribution >= 4 is 23.3 Å². The molecule has 2 aromatic rings. The van der Waals surface area contributed by atoms with E-state index >= 15 is 0 Å². The number of hydrogen-bond acceptors (Lipinski definition) is 5. The van der Waals surface area contributed by atoms with Gasteiger partial charge in [-0.2, -0.15) is 0 Å². The summed E-state index contributed by atoms with van der Waals surface area (Å²) in [6.07, 6.45) is -0.217. The van der Waals surface area contributed by atoms with Crippen LogP contribution in [-0.4, -0.2) is 28.9 Å². The van der Waals surface area contributed by atoms with Gasteiger partial charge in [0.1, 0.15) is 0 Å². The van der Waals surface area contributed by atoms with E-state index in [4.69, 9.17) is 4.74 Å². The fourth-order valence-corrected chi connectivity index (χ4v) is 3.36. The molecule has 0 unspecified atom stereocenters. The van der Waals surface area contributed by atoms with Crippen molar-refractivity contribution in [3.05, 3.63) is 69.3 Å². The fraction of sp³-hybridized carbons (Fsp3) is 0.300. The van der Waals surface area contributed by atoms with Crippen LogP contribution in [-0.2, 0) is 16.0 Å². The van der Waals surface area contributed by atoms with Gasteiger partial charge in [0.25, 0.3) is 11.6 Å². The van der Waals surface area contributed by atoms with Crippen LogP contribution in [0.1, 0.15) is 35.3 Å². The van der Waals surface area contributed by atoms with E-state index in [0.29, 0.717) is 5.56 Å². The molecule has 0 fully saturated rings. The van der Waals surface area contributed by atoms with E-state index in [0.717, 1.165) is 17.7 Å². The van der Waals surface area contributed by atoms with Crippen molar-refractivity contribution in [2.75, 3.05) is 4.90 Å². The molecule has 1 amide bonds. The van der Waals surface area contributed by atoms with Gasteiger partial charge >= 0.3 is 5.97 Å². The molecule has 0 saturated carbocycles. The van der Waals surface area contributed by atoms with Gasteiger partial charge in [-0.25, -0.2) is 4.79 Å². The second kappa shape index (κ2) is 7.19. The molecule has 1 aliphatic heterocycles. The Morgan fingerprint density at radius 3 is 2.63 bits per heavy atom. The van der Waals surface area contributed by atoms with E-state index in [1.165, 1.54) is 25.1 Å². The van der Waals surface area contributed by atoms with E-state index in [9.17, 15) is 19.7 Å². The predicted molar refractivity (Wildman–Crippen MR) is 99.8 cm³/mol. The molecule has 0 spiro atoms. The Labute approximate surface area is 156 Å². The van der Waals surface area contributed by atoms with Crippen LogP contribution in [0.5, 0.6) is 0 Å². The minimum atomic E-state index is -0.971. The Bertz CT molecular complexity index is 924. The summed E-state index contributed by atoms with van der Waals surface area (Å²) < 4.78 is 5.33. The first-order valence-corrected chi connectivity index (χ1v) is 8.66. The van der Waals surface area contributed by atoms with Crippen LogP contribution in [0.2, 0.25) is 0 Å². The second-order valence-electron chi connectivity index (χ2n) is 6.70. The number of nitrogens with zero attached hydrogens (tertiary/aromatic N) is 2. The highest BCUT2D eigenvalue weighted by atomic mass is 16.6. The van der Waals surface area contributed by atoms with Crippen LogP contribution < -0.4 is 4.90 Å². The molecule has 2 atom stereocenters. The highest BCUT2D eigenvalue weighted by Crippen LogP contribution is 2.32. The maximum atomic E-state index is 12.9. The summed E-state index contributed by atoms with van der Waals surface area (Å²) in [5.41, 5.74) is 2.38. The molecule has 1 heterocycles. The van der Waals surface area contributed by atoms with Crippen LogP contribution in [0.15, 0.2) is 42.5 Å². The summed E-state index contributed by atoms with van der Waals surface area (Å²) in [6.45, 7) is 5.03. The molecule has 0 aliphatic carbocycles. The van der Waals surface area contributed by atoms with Gasteiger partial charge in [0.2, 0.25) is 0 Å². The first-order valence-electron chi connectivity index (χ1n) is 8.66. The molecular formula is C20H20N2O5. The number of para-hydroxylation sites is 1. The van der Waals surface area contributed by atoms with Crippen LogP contribution in [0.3, 0.4) is 0 Å². The van der Waals surface area contributed by atoms with E-state index in [-0.39, 0.29) is 23.2 Å². The maximum Gasteiger partial charge on any atom is 0.338 e. The third-order valence-electron chi connectivity index (χ3n) is 4.71. The quantitative estimate of drug-likeness (QED) is 0.468. The number of fused-ring (bicyclic) bond motifs is 1. The third-order valence-corrected chi connectivity index (χ3v) is 4.71. The smallest absolute Gasteiger partial charge is 0.338 e. The molecule has 1 aliphatic rings. The number of carbonyl (C=O) groups excluding carboxylic acids is 2. The predicted octanol–water partition coefficient (Wildman–Crippen LogP) is 3.43. The molecule has 140 valence electrons. The van der Waals surface area contributed by atoms with E-state index in [2.05, 4.69) is 0 Å². The molecule has 0 radical (unpaired) electrons. The lowest BCUT2D eigenvalue weighted by Crippen LogP contribution is -2.43. The van der Waals surface area contributed by atoms with Gasteiger partial charge in [-0.1, -0.05) is 18.2 Å². The number of rotatable bonds is 4. The number of ether oxygens (including phenoxy) is 1. The zero-order chi connectivity index (χ0) is 19.7. The van der Waals surface area contributed by atoms with Crippen molar-refractivity contribution in [2.45, 2.75) is 39.3 Å². The average molecular weight is 368 g/mol. The Morgan fingerprint density at radius 2 is 1.96 bits per heavy atom. The largest absolute Gasteiger partial charge is 0.449 e. The molecular weight excluding hydrogens is 348 g/mol. The van der Waals surface area contributed by atoms with Crippen molar-refractivity contribution in [2.24, 2.45) is 0 Å². The molecule has 0 N–H and O–H groups in total. The number of amides is 1. The Kier molecular flexibility index (Phi) is 4.94. The number of hydrogen-bond donors (Lipinski definition) is 0. The normalized spacial score (nSPS) is 16.6. The molecule has 0 aromatic heterocycles. The van der Waals surface area contributed by atoms with E-state index < -0.39 is 17.0 Å². The Balaban J connectivity index is 1.74. The van der Waals surface area contributed by atoms with Gasteiger partial charge in [-0.15, -0.1) is 0 Å². The first-order chi connectivity index (χ1) is 12.8. The summed E-state index contributed by atoms with van der Waals surface area (Å²) in [4.78, 5) is 37.3. The number of anilines is 1. The van der Waals surface area contributed by atoms with Crippen molar-refractivity contribution < 1.29 is 19.2 Å². The van der Waals surface area contributed by atoms with Crippen molar-refractivity contribution in [1.82, 2.24) is 0 Å². The lowest BCUT2D eigenvalue weighted by Gasteiger charge is -2.26. The molecule has 2 aromatic carbocycles. The molecule has 7 heteroatoms. The fourth-order valence-electron chi connectivity index (χ4n) is 3.36. The van der Waals surface area contributed by atoms with Crippen molar-refractivity contribution in [3.63, 3.8) is 0 Å². The van der Waals surface area contributed by atoms with E-state index in [1.54, 1.807) is 11.8 Å². The number of nitro groups is 1. The highest BCUT2D eigenvalue weighted by molar-refractivity contribution is 6.01. The number of nitro benzene ring substituents is 1. The van der Waals surface area contributed by atoms with E-state index in [1.807, 2.05) is 31.2 Å². The minimum absolute atomic E-state index is 0.0160. The third kappa shape index (κ3) is 3.53. The van der Waals surface area contributed by atoms with Gasteiger partial charge in [0.05, 0.1) is 10.5 Å². The topological polar surface area (TPSA) is 89.8 Å². The number of aryl methyl sites for hydroxylation is 1. The van der Waals surface area contributed by atoms with Gasteiger partial charge in [-0.05, 0) is 51.0 Å². The molecule has 0 saturated heterocycles. The maximum absolute atomic E-state index is 12.9. The average Bonchev–Trinajstić information content (AvgIpc) is 2.96. The minimum Gasteiger partial charge on any atom is -0.449 e. The zero-order valence-corrected chi connectivity index (χ0v) is 15.3. The lowest BCUT2D eigenvalue weighted by atomic mass is 10.1. The standard InChI is InChI=1S/C20H20N2O5/c1-12-10-16(8-9-17(12)22(25)26)20(24)27-14(3)19(23)21-13(2)11-15-6-4-5-7-18(15)21/h4-10,13-14H,11H2,1-3H3/t13-,14+/m1/s1. The molecule has 27 heavy (non-hydrogen) atoms. The molecule has 0 bridgehead atoms. The number of carbonyl (C=O) groups is 2. The summed E-state index contributed by atoms with van der Waals surface area (Å²) in [5, 5.41) is 10.9. The van der Waals surface area contributed by atoms with Crippen LogP contribution in [0.4, 0.5) is 11.4 Å². The van der Waals surface area contributed by atoms with Gasteiger partial charge in [0.15, 0.2) is 6.10 Å². The SMILES string of the molecule is Cc1cc(C(=O)O[C@@H](C)C(=O)N2c3ccccc3C[C@H]2C)ccc1[N+](=O)[O-]. The molecule has 3 rings (SSSR count). The van der Waals surface area contributed by atoms with Crippen LogP contribution >= 0.6 is 0 Å². The van der Waals surface area contributed by atoms with Gasteiger partial charge < -0.3 is 9.64 Å². The highest BCUT2D eigenvalue weighted by Gasteiger charge is 2.34. The monoisotopic (exact) mass is 368 g/mol. The summed E-state index contributed by atoms with van der Waals surface area (Å²) in [5.74, 6) is -0.978. The van der Waals surface area contributed by atoms with Crippen LogP contribution in [0, 0.1) is 17.0 Å². The summed E-state index contributed by atoms with van der Waals surface area (Å²) in [6, 6.07) is 11.6. The number of esters is 1. The Hall–Kier alpha value is -3.22. The zero-order valence-electron chi connectivity index (χ0n) is 15.3. The van der Waals surface area contributed by atoms with Gasteiger partial charge in [0, 0.05) is 23.4 Å².